The van der Waals surface area contributed by atoms with Gasteiger partial charge in [-0.1, -0.05) is 0 Å². The molecule has 0 aliphatic rings. The van der Waals surface area contributed by atoms with E-state index in [-0.39, 0.29) is 6.67 Å². The first-order valence-corrected chi connectivity index (χ1v) is 3.59. The lowest BCUT2D eigenvalue weighted by Gasteiger charge is -2.09. The highest BCUT2D eigenvalue weighted by Crippen LogP contribution is 1.73. The summed E-state index contributed by atoms with van der Waals surface area (Å²) in [5.41, 5.74) is -2.20. The molecule has 0 aromatic carbocycles. The Hall–Kier alpha value is -1.63. The minimum Gasteiger partial charge on any atom is -0.292 e. The van der Waals surface area contributed by atoms with Crippen molar-refractivity contribution in [3.63, 3.8) is 0 Å². The monoisotopic (exact) mass is 186 g/mol. The number of aromatic nitrogens is 3. The Bertz CT molecular complexity index is 418. The highest BCUT2D eigenvalue weighted by Gasteiger charge is 2.02. The minimum atomic E-state index is -0.787. The third-order valence-electron chi connectivity index (χ3n) is 1.36. The van der Waals surface area contributed by atoms with Gasteiger partial charge in [0, 0.05) is 0 Å². The predicted molar refractivity (Wildman–Crippen MR) is 45.6 cm³/mol. The first kappa shape index (κ1) is 9.46. The third-order valence-corrected chi connectivity index (χ3v) is 1.36. The summed E-state index contributed by atoms with van der Waals surface area (Å²) < 4.78 is 0.890. The van der Waals surface area contributed by atoms with Crippen LogP contribution in [0.1, 0.15) is 0 Å². The van der Waals surface area contributed by atoms with Gasteiger partial charge in [-0.2, -0.15) is 0 Å². The number of aromatic amines is 2. The summed E-state index contributed by atoms with van der Waals surface area (Å²) in [6.45, 7) is 0.130. The maximum absolute atomic E-state index is 11.1. The van der Waals surface area contributed by atoms with Crippen molar-refractivity contribution in [1.82, 2.24) is 19.4 Å². The van der Waals surface area contributed by atoms with Crippen molar-refractivity contribution in [3.05, 3.63) is 31.5 Å². The van der Waals surface area contributed by atoms with Crippen molar-refractivity contribution in [2.24, 2.45) is 0 Å². The lowest BCUT2D eigenvalue weighted by atomic mass is 10.8. The van der Waals surface area contributed by atoms with Crippen LogP contribution in [0.15, 0.2) is 14.4 Å². The number of H-pyrrole nitrogens is 2. The smallest absolute Gasteiger partial charge is 0.292 e. The fraction of sp³-hybridized carbons (Fsp3) is 0.500. The van der Waals surface area contributed by atoms with Gasteiger partial charge in [0.05, 0.1) is 6.67 Å². The van der Waals surface area contributed by atoms with Crippen molar-refractivity contribution in [1.29, 1.82) is 0 Å². The van der Waals surface area contributed by atoms with Gasteiger partial charge in [-0.05, 0) is 14.1 Å². The molecule has 0 saturated carbocycles. The molecule has 0 aliphatic heterocycles. The van der Waals surface area contributed by atoms with Crippen molar-refractivity contribution in [2.75, 3.05) is 14.1 Å². The van der Waals surface area contributed by atoms with Gasteiger partial charge in [-0.25, -0.2) is 19.0 Å². The summed E-state index contributed by atoms with van der Waals surface area (Å²) in [5, 5.41) is 0. The van der Waals surface area contributed by atoms with Crippen LogP contribution in [0.4, 0.5) is 0 Å². The topological polar surface area (TPSA) is 91.0 Å². The van der Waals surface area contributed by atoms with Crippen LogP contribution >= 0.6 is 0 Å². The fourth-order valence-electron chi connectivity index (χ4n) is 0.864. The van der Waals surface area contributed by atoms with Gasteiger partial charge in [0.1, 0.15) is 0 Å². The quantitative estimate of drug-likeness (QED) is 0.545. The van der Waals surface area contributed by atoms with Crippen molar-refractivity contribution in [3.8, 4) is 0 Å². The largest absolute Gasteiger partial charge is 0.334 e. The van der Waals surface area contributed by atoms with E-state index in [9.17, 15) is 14.4 Å². The number of hydrogen-bond acceptors (Lipinski definition) is 4. The maximum atomic E-state index is 11.1. The highest BCUT2D eigenvalue weighted by molar-refractivity contribution is 4.68. The molecule has 0 saturated heterocycles. The van der Waals surface area contributed by atoms with Crippen LogP contribution in [-0.2, 0) is 6.67 Å². The van der Waals surface area contributed by atoms with Crippen LogP contribution in [0.25, 0.3) is 0 Å². The molecule has 7 heteroatoms. The molecular weight excluding hydrogens is 176 g/mol. The van der Waals surface area contributed by atoms with Crippen LogP contribution in [-0.4, -0.2) is 33.5 Å². The van der Waals surface area contributed by atoms with E-state index < -0.39 is 17.1 Å². The Morgan fingerprint density at radius 2 is 1.62 bits per heavy atom. The second kappa shape index (κ2) is 3.40. The first-order chi connectivity index (χ1) is 6.00. The molecule has 1 aromatic rings. The van der Waals surface area contributed by atoms with E-state index in [0.29, 0.717) is 0 Å². The Balaban J connectivity index is 3.30. The minimum absolute atomic E-state index is 0.130. The van der Waals surface area contributed by atoms with Crippen LogP contribution in [0.5, 0.6) is 0 Å². The second-order valence-corrected chi connectivity index (χ2v) is 2.84. The van der Waals surface area contributed by atoms with Crippen molar-refractivity contribution >= 4 is 0 Å². The summed E-state index contributed by atoms with van der Waals surface area (Å²) in [5.74, 6) is 0. The van der Waals surface area contributed by atoms with Crippen LogP contribution in [0.2, 0.25) is 0 Å². The molecule has 1 heterocycles. The molecule has 13 heavy (non-hydrogen) atoms. The molecular formula is C6H10N4O3. The Morgan fingerprint density at radius 1 is 1.15 bits per heavy atom. The first-order valence-electron chi connectivity index (χ1n) is 3.59. The molecule has 1 aromatic heterocycles. The van der Waals surface area contributed by atoms with Crippen LogP contribution in [0.3, 0.4) is 0 Å². The lowest BCUT2D eigenvalue weighted by Crippen LogP contribution is -2.45. The summed E-state index contributed by atoms with van der Waals surface area (Å²) in [7, 11) is 3.41. The molecule has 0 fully saturated rings. The summed E-state index contributed by atoms with van der Waals surface area (Å²) in [4.78, 5) is 38.3. The number of nitrogens with zero attached hydrogens (tertiary/aromatic N) is 2. The van der Waals surface area contributed by atoms with Crippen molar-refractivity contribution < 1.29 is 0 Å². The van der Waals surface area contributed by atoms with Gasteiger partial charge in [0.25, 0.3) is 0 Å². The van der Waals surface area contributed by atoms with Gasteiger partial charge in [0.2, 0.25) is 0 Å². The van der Waals surface area contributed by atoms with Crippen LogP contribution in [0, 0.1) is 0 Å². The highest BCUT2D eigenvalue weighted by atomic mass is 16.2. The number of hydrogen-bond donors (Lipinski definition) is 2. The average molecular weight is 186 g/mol. The lowest BCUT2D eigenvalue weighted by molar-refractivity contribution is 0.308. The summed E-state index contributed by atoms with van der Waals surface area (Å²) >= 11 is 0. The van der Waals surface area contributed by atoms with E-state index in [4.69, 9.17) is 0 Å². The van der Waals surface area contributed by atoms with E-state index >= 15 is 0 Å². The molecule has 0 bridgehead atoms. The molecule has 0 aliphatic carbocycles. The summed E-state index contributed by atoms with van der Waals surface area (Å²) in [6.07, 6.45) is 0. The molecule has 0 atom stereocenters. The van der Waals surface area contributed by atoms with Gasteiger partial charge >= 0.3 is 17.1 Å². The summed E-state index contributed by atoms with van der Waals surface area (Å²) in [6, 6.07) is 0. The normalized spacial score (nSPS) is 10.7. The van der Waals surface area contributed by atoms with Gasteiger partial charge < -0.3 is 0 Å². The molecule has 72 valence electrons. The van der Waals surface area contributed by atoms with E-state index in [2.05, 4.69) is 0 Å². The van der Waals surface area contributed by atoms with Crippen molar-refractivity contribution in [2.45, 2.75) is 6.67 Å². The zero-order valence-corrected chi connectivity index (χ0v) is 7.33. The average Bonchev–Trinajstić information content (AvgIpc) is 1.96. The van der Waals surface area contributed by atoms with Crippen LogP contribution < -0.4 is 17.1 Å². The fourth-order valence-corrected chi connectivity index (χ4v) is 0.864. The third kappa shape index (κ3) is 2.15. The second-order valence-electron chi connectivity index (χ2n) is 2.84. The number of nitrogens with one attached hydrogen (secondary N) is 2. The Morgan fingerprint density at radius 3 is 2.00 bits per heavy atom. The molecule has 0 unspecified atom stereocenters. The van der Waals surface area contributed by atoms with Gasteiger partial charge in [-0.3, -0.25) is 14.9 Å². The standard InChI is InChI=1S/C6H10N4O3/c1-9(2)3-10-5(12)7-4(11)8-6(10)13/h3H2,1-2H3,(H2,7,8,11,12,13). The zero-order chi connectivity index (χ0) is 10.0. The van der Waals surface area contributed by atoms with Gasteiger partial charge in [-0.15, -0.1) is 0 Å². The van der Waals surface area contributed by atoms with E-state index in [1.54, 1.807) is 19.0 Å². The maximum Gasteiger partial charge on any atom is 0.334 e. The SMILES string of the molecule is CN(C)Cn1c(=O)[nH]c(=O)[nH]c1=O. The molecule has 1 rings (SSSR count). The Kier molecular flexibility index (Phi) is 2.47. The predicted octanol–water partition coefficient (Wildman–Crippen LogP) is -2.26. The molecule has 0 amide bonds. The zero-order valence-electron chi connectivity index (χ0n) is 7.33. The molecule has 0 radical (unpaired) electrons. The number of rotatable bonds is 2. The molecule has 0 spiro atoms. The van der Waals surface area contributed by atoms with Gasteiger partial charge in [0.15, 0.2) is 0 Å². The Labute approximate surface area is 72.6 Å². The molecule has 2 N–H and O–H groups in total. The molecule has 7 nitrogen and oxygen atoms in total. The van der Waals surface area contributed by atoms with E-state index in [0.717, 1.165) is 4.57 Å². The van der Waals surface area contributed by atoms with E-state index in [1.807, 2.05) is 9.97 Å². The van der Waals surface area contributed by atoms with E-state index in [1.165, 1.54) is 0 Å².